The van der Waals surface area contributed by atoms with Crippen LogP contribution in [0.3, 0.4) is 0 Å². The number of hydrogen-bond acceptors (Lipinski definition) is 6. The zero-order valence-electron chi connectivity index (χ0n) is 18.8. The molecule has 1 aliphatic heterocycles. The highest BCUT2D eigenvalue weighted by atomic mass is 35.5. The lowest BCUT2D eigenvalue weighted by molar-refractivity contribution is -0.129. The quantitative estimate of drug-likeness (QED) is 0.477. The smallest absolute Gasteiger partial charge is 0.223 e. The molecule has 2 aromatic carbocycles. The summed E-state index contributed by atoms with van der Waals surface area (Å²) in [5.41, 5.74) is 2.82. The van der Waals surface area contributed by atoms with Crippen LogP contribution in [0.5, 0.6) is 0 Å². The summed E-state index contributed by atoms with van der Waals surface area (Å²) in [5.74, 6) is 0.633. The zero-order chi connectivity index (χ0) is 23.1. The van der Waals surface area contributed by atoms with Crippen molar-refractivity contribution >= 4 is 45.6 Å². The Kier molecular flexibility index (Phi) is 10.2. The van der Waals surface area contributed by atoms with Gasteiger partial charge in [0.1, 0.15) is 11.7 Å². The number of sulfone groups is 1. The maximum Gasteiger partial charge on any atom is 0.223 e. The average Bonchev–Trinajstić information content (AvgIpc) is 3.30. The summed E-state index contributed by atoms with van der Waals surface area (Å²) in [5, 5.41) is 6.32. The Balaban J connectivity index is 0.00000385. The van der Waals surface area contributed by atoms with Crippen LogP contribution >= 0.6 is 24.0 Å². The van der Waals surface area contributed by atoms with Crippen molar-refractivity contribution in [3.63, 3.8) is 0 Å². The number of halogens is 2. The molecule has 1 amide bonds. The van der Waals surface area contributed by atoms with Gasteiger partial charge in [0.05, 0.1) is 16.5 Å². The fourth-order valence-corrected chi connectivity index (χ4v) is 5.57. The SMILES string of the molecule is Cc1cccc(Cl)c1S(=O)(=O)CNCCC(=O)N(C)CCc1ccc(C2=NCCN2)cc1.Cl. The molecule has 33 heavy (non-hydrogen) atoms. The van der Waals surface area contributed by atoms with Gasteiger partial charge in [0.25, 0.3) is 0 Å². The molecule has 0 radical (unpaired) electrons. The molecule has 3 rings (SSSR count). The number of carbonyl (C=O) groups excluding carboxylic acids is 1. The molecule has 0 unspecified atom stereocenters. The van der Waals surface area contributed by atoms with Crippen LogP contribution < -0.4 is 10.6 Å². The van der Waals surface area contributed by atoms with Gasteiger partial charge in [-0.15, -0.1) is 12.4 Å². The Hall–Kier alpha value is -2.13. The molecule has 0 fully saturated rings. The maximum atomic E-state index is 12.6. The lowest BCUT2D eigenvalue weighted by Crippen LogP contribution is -2.33. The van der Waals surface area contributed by atoms with Crippen molar-refractivity contribution in [3.05, 3.63) is 64.2 Å². The highest BCUT2D eigenvalue weighted by Crippen LogP contribution is 2.25. The number of rotatable bonds is 10. The summed E-state index contributed by atoms with van der Waals surface area (Å²) in [7, 11) is -1.82. The number of carbonyl (C=O) groups is 1. The Morgan fingerprint density at radius 2 is 1.94 bits per heavy atom. The zero-order valence-corrected chi connectivity index (χ0v) is 21.2. The van der Waals surface area contributed by atoms with E-state index < -0.39 is 9.84 Å². The molecular weight excluding hydrogens is 483 g/mol. The van der Waals surface area contributed by atoms with Crippen LogP contribution in [0.2, 0.25) is 5.02 Å². The van der Waals surface area contributed by atoms with Crippen LogP contribution in [0, 0.1) is 6.92 Å². The van der Waals surface area contributed by atoms with Gasteiger partial charge in [-0.05, 0) is 30.5 Å². The average molecular weight is 513 g/mol. The Morgan fingerprint density at radius 1 is 1.21 bits per heavy atom. The molecule has 0 saturated carbocycles. The first-order valence-electron chi connectivity index (χ1n) is 10.6. The van der Waals surface area contributed by atoms with E-state index in [1.807, 2.05) is 12.1 Å². The van der Waals surface area contributed by atoms with E-state index in [1.54, 1.807) is 37.1 Å². The van der Waals surface area contributed by atoms with Crippen LogP contribution in [0.1, 0.15) is 23.1 Å². The van der Waals surface area contributed by atoms with Crippen LogP contribution in [0.4, 0.5) is 0 Å². The highest BCUT2D eigenvalue weighted by Gasteiger charge is 2.20. The van der Waals surface area contributed by atoms with Crippen LogP contribution in [0.15, 0.2) is 52.4 Å². The monoisotopic (exact) mass is 512 g/mol. The van der Waals surface area contributed by atoms with Crippen molar-refractivity contribution < 1.29 is 13.2 Å². The van der Waals surface area contributed by atoms with E-state index in [1.165, 1.54) is 0 Å². The number of benzene rings is 2. The fraction of sp³-hybridized carbons (Fsp3) is 0.391. The summed E-state index contributed by atoms with van der Waals surface area (Å²) in [4.78, 5) is 18.6. The molecule has 7 nitrogen and oxygen atoms in total. The second-order valence-corrected chi connectivity index (χ2v) is 10.1. The summed E-state index contributed by atoms with van der Waals surface area (Å²) in [6.45, 7) is 4.27. The Morgan fingerprint density at radius 3 is 2.58 bits per heavy atom. The maximum absolute atomic E-state index is 12.6. The number of amidine groups is 1. The van der Waals surface area contributed by atoms with E-state index in [9.17, 15) is 13.2 Å². The fourth-order valence-electron chi connectivity index (χ4n) is 3.52. The van der Waals surface area contributed by atoms with Crippen molar-refractivity contribution in [1.82, 2.24) is 15.5 Å². The molecule has 0 aromatic heterocycles. The van der Waals surface area contributed by atoms with Crippen molar-refractivity contribution in [1.29, 1.82) is 0 Å². The summed E-state index contributed by atoms with van der Waals surface area (Å²) in [6.07, 6.45) is 0.966. The molecule has 0 saturated heterocycles. The molecule has 0 aliphatic carbocycles. The minimum atomic E-state index is -3.58. The molecule has 10 heteroatoms. The molecule has 1 aliphatic rings. The highest BCUT2D eigenvalue weighted by molar-refractivity contribution is 7.91. The molecule has 0 bridgehead atoms. The van der Waals surface area contributed by atoms with Gasteiger partial charge < -0.3 is 15.5 Å². The van der Waals surface area contributed by atoms with Gasteiger partial charge in [0.2, 0.25) is 5.91 Å². The third-order valence-corrected chi connectivity index (χ3v) is 7.52. The summed E-state index contributed by atoms with van der Waals surface area (Å²) < 4.78 is 25.1. The Labute approximate surface area is 206 Å². The number of amides is 1. The van der Waals surface area contributed by atoms with E-state index in [-0.39, 0.29) is 47.1 Å². The van der Waals surface area contributed by atoms with Crippen molar-refractivity contribution in [3.8, 4) is 0 Å². The van der Waals surface area contributed by atoms with Gasteiger partial charge in [0, 0.05) is 38.7 Å². The number of nitrogens with zero attached hydrogens (tertiary/aromatic N) is 2. The van der Waals surface area contributed by atoms with Crippen molar-refractivity contribution in [2.75, 3.05) is 39.1 Å². The van der Waals surface area contributed by atoms with Gasteiger partial charge in [0.15, 0.2) is 9.84 Å². The first-order valence-corrected chi connectivity index (χ1v) is 12.6. The molecule has 2 N–H and O–H groups in total. The molecule has 1 heterocycles. The van der Waals surface area contributed by atoms with E-state index in [4.69, 9.17) is 11.6 Å². The van der Waals surface area contributed by atoms with Crippen molar-refractivity contribution in [2.45, 2.75) is 24.7 Å². The third kappa shape index (κ3) is 7.43. The third-order valence-electron chi connectivity index (χ3n) is 5.35. The lowest BCUT2D eigenvalue weighted by Gasteiger charge is -2.17. The largest absolute Gasteiger partial charge is 0.368 e. The predicted molar refractivity (Wildman–Crippen MR) is 135 cm³/mol. The number of aliphatic imine (C=N–C) groups is 1. The molecule has 0 atom stereocenters. The summed E-state index contributed by atoms with van der Waals surface area (Å²) >= 11 is 6.07. The lowest BCUT2D eigenvalue weighted by atomic mass is 10.1. The van der Waals surface area contributed by atoms with Crippen molar-refractivity contribution in [2.24, 2.45) is 4.99 Å². The normalized spacial score (nSPS) is 13.1. The van der Waals surface area contributed by atoms with E-state index in [0.29, 0.717) is 12.1 Å². The number of likely N-dealkylation sites (N-methyl/N-ethyl adjacent to an activating group) is 1. The first kappa shape index (κ1) is 27.1. The second-order valence-electron chi connectivity index (χ2n) is 7.81. The van der Waals surface area contributed by atoms with E-state index >= 15 is 0 Å². The molecule has 180 valence electrons. The first-order chi connectivity index (χ1) is 15.3. The minimum absolute atomic E-state index is 0. The molecule has 0 spiro atoms. The number of aryl methyl sites for hydroxylation is 1. The van der Waals surface area contributed by atoms with Gasteiger partial charge in [-0.1, -0.05) is 48.0 Å². The predicted octanol–water partition coefficient (Wildman–Crippen LogP) is 2.83. The topological polar surface area (TPSA) is 90.9 Å². The van der Waals surface area contributed by atoms with Crippen LogP contribution in [0.25, 0.3) is 0 Å². The van der Waals surface area contributed by atoms with Gasteiger partial charge in [-0.3, -0.25) is 9.79 Å². The standard InChI is InChI=1S/C23H29ClN4O3S.ClH/c1-17-4-3-5-20(24)22(17)32(30,31)16-25-12-10-21(29)28(2)15-11-18-6-8-19(9-7-18)23-26-13-14-27-23;/h3-9,25H,10-16H2,1-2H3,(H,26,27);1H. The Bertz CT molecular complexity index is 1070. The minimum Gasteiger partial charge on any atom is -0.368 e. The van der Waals surface area contributed by atoms with Gasteiger partial charge >= 0.3 is 0 Å². The van der Waals surface area contributed by atoms with Gasteiger partial charge in [-0.2, -0.15) is 0 Å². The van der Waals surface area contributed by atoms with Crippen LogP contribution in [-0.4, -0.2) is 64.2 Å². The van der Waals surface area contributed by atoms with Gasteiger partial charge in [-0.25, -0.2) is 8.42 Å². The second kappa shape index (κ2) is 12.4. The molecular formula is C23H30Cl2N4O3S. The number of nitrogens with one attached hydrogen (secondary N) is 2. The van der Waals surface area contributed by atoms with E-state index in [2.05, 4.69) is 27.8 Å². The summed E-state index contributed by atoms with van der Waals surface area (Å²) in [6, 6.07) is 13.2. The molecule has 2 aromatic rings. The van der Waals surface area contributed by atoms with Crippen LogP contribution in [-0.2, 0) is 21.1 Å². The van der Waals surface area contributed by atoms with E-state index in [0.717, 1.165) is 36.5 Å². The number of hydrogen-bond donors (Lipinski definition) is 2.